The average Bonchev–Trinajstić information content (AvgIpc) is 1.51. The molecule has 0 unspecified atom stereocenters. The molecular weight excluding hydrogens is 1390 g/mol. The zero-order valence-electron chi connectivity index (χ0n) is 64.1. The lowest BCUT2D eigenvalue weighted by Crippen LogP contribution is -2.25. The highest BCUT2D eigenvalue weighted by Crippen LogP contribution is 2.63. The fourth-order valence-corrected chi connectivity index (χ4v) is 18.6. The van der Waals surface area contributed by atoms with E-state index in [1.54, 1.807) is 6.20 Å². The third kappa shape index (κ3) is 11.6. The fraction of sp³-hybridized carbons (Fsp3) is 0.0642. The van der Waals surface area contributed by atoms with Gasteiger partial charge in [0.1, 0.15) is 0 Å². The molecule has 14 aromatic carbocycles. The predicted molar refractivity (Wildman–Crippen MR) is 471 cm³/mol. The van der Waals surface area contributed by atoms with Gasteiger partial charge in [0.2, 0.25) is 0 Å². The molecule has 115 heavy (non-hydrogen) atoms. The maximum atomic E-state index is 5.42. The second-order valence-corrected chi connectivity index (χ2v) is 31.7. The van der Waals surface area contributed by atoms with Gasteiger partial charge in [0.05, 0.1) is 28.2 Å². The maximum Gasteiger partial charge on any atom is 0.160 e. The summed E-state index contributed by atoms with van der Waals surface area (Å²) in [7, 11) is 0. The van der Waals surface area contributed by atoms with Crippen LogP contribution in [0.2, 0.25) is 0 Å². The highest BCUT2D eigenvalue weighted by atomic mass is 14.9. The van der Waals surface area contributed by atoms with Crippen LogP contribution in [0.5, 0.6) is 0 Å². The number of hydrogen-bond acceptors (Lipinski definition) is 6. The van der Waals surface area contributed by atoms with E-state index in [0.29, 0.717) is 11.6 Å². The van der Waals surface area contributed by atoms with Gasteiger partial charge in [-0.15, -0.1) is 0 Å². The molecule has 18 aromatic rings. The first-order chi connectivity index (χ1) is 56.5. The van der Waals surface area contributed by atoms with Gasteiger partial charge in [-0.3, -0.25) is 9.97 Å². The fourth-order valence-electron chi connectivity index (χ4n) is 18.6. The standard InChI is InChI=1S/C61H41N3.C48H35N3/c1-60(2)51-17-7-3-13-45(51)49-31-29-42(34-55(49)60)38-21-25-40(26-22-38)57-36-58(41-27-23-39(24-28-41)44-12-11-33-62-37-44)64-59(63-57)43-30-32-50-48-16-6-10-20-54(48)61(56(50)35-43)52-18-8-4-14-46(52)47-15-5-9-19-53(47)61;1-48(2)43-13-7-6-12-41(43)42-27-26-39(29-44(42)48)34-14-20-36(21-15-34)45-30-46(37-22-16-35(17-23-37)40-11-8-28-49-31-40)51-47(50-45)38-24-18-33(19-25-38)32-9-4-3-5-10-32/h3-37H,1-2H3;3-31H,1-2H3. The van der Waals surface area contributed by atoms with Crippen molar-refractivity contribution in [3.63, 3.8) is 0 Å². The molecule has 0 aliphatic heterocycles. The molecule has 4 aliphatic rings. The Morgan fingerprint density at radius 1 is 0.174 bits per heavy atom. The van der Waals surface area contributed by atoms with Gasteiger partial charge in [0.25, 0.3) is 0 Å². The van der Waals surface area contributed by atoms with Crippen LogP contribution in [0, 0.1) is 0 Å². The van der Waals surface area contributed by atoms with E-state index < -0.39 is 5.41 Å². The molecule has 0 saturated carbocycles. The Bertz CT molecular complexity index is 6670. The van der Waals surface area contributed by atoms with Crippen molar-refractivity contribution in [2.24, 2.45) is 0 Å². The lowest BCUT2D eigenvalue weighted by Gasteiger charge is -2.30. The average molecular weight is 1470 g/mol. The van der Waals surface area contributed by atoms with E-state index in [-0.39, 0.29) is 10.8 Å². The zero-order valence-corrected chi connectivity index (χ0v) is 64.1. The van der Waals surface area contributed by atoms with Crippen LogP contribution in [0.4, 0.5) is 0 Å². The summed E-state index contributed by atoms with van der Waals surface area (Å²) in [5, 5.41) is 0. The first kappa shape index (κ1) is 68.6. The summed E-state index contributed by atoms with van der Waals surface area (Å²) in [6.07, 6.45) is 7.40. The van der Waals surface area contributed by atoms with Crippen LogP contribution in [0.25, 0.3) is 168 Å². The Kier molecular flexibility index (Phi) is 16.4. The van der Waals surface area contributed by atoms with Crippen LogP contribution in [0.3, 0.4) is 0 Å². The van der Waals surface area contributed by atoms with Crippen molar-refractivity contribution < 1.29 is 0 Å². The number of nitrogens with zero attached hydrogens (tertiary/aromatic N) is 6. The summed E-state index contributed by atoms with van der Waals surface area (Å²) < 4.78 is 0. The van der Waals surface area contributed by atoms with E-state index in [0.717, 1.165) is 84.0 Å². The highest BCUT2D eigenvalue weighted by Gasteiger charge is 2.52. The van der Waals surface area contributed by atoms with Crippen LogP contribution in [0.15, 0.2) is 389 Å². The summed E-state index contributed by atoms with van der Waals surface area (Å²) >= 11 is 0. The van der Waals surface area contributed by atoms with Crippen molar-refractivity contribution in [3.05, 3.63) is 433 Å². The molecule has 0 fully saturated rings. The SMILES string of the molecule is CC1(C)c2ccccc2-c2ccc(-c3ccc(-c4cc(-c5ccc(-c6cccnc6)cc5)nc(-c5ccc(-c6ccccc6)cc5)n4)cc3)cc21.CC1(C)c2ccccc2-c2ccc(-c3ccc(-c4cc(-c5ccc(-c6cccnc6)cc5)nc(-c5ccc6c(c5)C5(c7ccccc7-c7ccccc75)c5ccccc5-6)n4)cc3)cc21. The molecule has 22 rings (SSSR count). The molecule has 6 nitrogen and oxygen atoms in total. The minimum Gasteiger partial charge on any atom is -0.264 e. The van der Waals surface area contributed by atoms with Gasteiger partial charge < -0.3 is 0 Å². The number of fused-ring (bicyclic) bond motifs is 16. The Labute approximate surface area is 670 Å². The van der Waals surface area contributed by atoms with E-state index >= 15 is 0 Å². The van der Waals surface area contributed by atoms with Crippen molar-refractivity contribution >= 4 is 0 Å². The molecule has 4 aromatic heterocycles. The third-order valence-corrected chi connectivity index (χ3v) is 24.5. The van der Waals surface area contributed by atoms with Crippen molar-refractivity contribution in [3.8, 4) is 168 Å². The summed E-state index contributed by atoms with van der Waals surface area (Å²) in [4.78, 5) is 29.7. The molecule has 542 valence electrons. The topological polar surface area (TPSA) is 77.3 Å². The van der Waals surface area contributed by atoms with Gasteiger partial charge in [-0.1, -0.05) is 349 Å². The van der Waals surface area contributed by atoms with Crippen LogP contribution >= 0.6 is 0 Å². The molecule has 0 amide bonds. The van der Waals surface area contributed by atoms with E-state index in [1.165, 1.54) is 117 Å². The molecule has 0 bridgehead atoms. The van der Waals surface area contributed by atoms with Crippen molar-refractivity contribution in [1.29, 1.82) is 0 Å². The van der Waals surface area contributed by atoms with Crippen LogP contribution < -0.4 is 0 Å². The summed E-state index contributed by atoms with van der Waals surface area (Å²) in [5.41, 5.74) is 41.8. The Balaban J connectivity index is 0.000000148. The quantitative estimate of drug-likeness (QED) is 0.128. The van der Waals surface area contributed by atoms with Gasteiger partial charge >= 0.3 is 0 Å². The minimum atomic E-state index is -0.455. The molecular formula is C109H76N6. The van der Waals surface area contributed by atoms with Crippen LogP contribution in [0.1, 0.15) is 72.2 Å². The van der Waals surface area contributed by atoms with Crippen LogP contribution in [-0.2, 0) is 16.2 Å². The van der Waals surface area contributed by atoms with Gasteiger partial charge in [0.15, 0.2) is 11.6 Å². The summed E-state index contributed by atoms with van der Waals surface area (Å²) in [6.45, 7) is 9.34. The van der Waals surface area contributed by atoms with E-state index in [1.807, 2.05) is 36.8 Å². The highest BCUT2D eigenvalue weighted by molar-refractivity contribution is 5.96. The molecule has 0 atom stereocenters. The number of rotatable bonds is 11. The smallest absolute Gasteiger partial charge is 0.160 e. The largest absolute Gasteiger partial charge is 0.264 e. The Morgan fingerprint density at radius 3 is 0.800 bits per heavy atom. The van der Waals surface area contributed by atoms with Gasteiger partial charge in [0, 0.05) is 69.0 Å². The van der Waals surface area contributed by atoms with Crippen molar-refractivity contribution in [2.45, 2.75) is 43.9 Å². The monoisotopic (exact) mass is 1470 g/mol. The zero-order chi connectivity index (χ0) is 76.9. The molecule has 0 N–H and O–H groups in total. The molecule has 0 saturated heterocycles. The summed E-state index contributed by atoms with van der Waals surface area (Å²) in [6, 6.07) is 131. The van der Waals surface area contributed by atoms with E-state index in [4.69, 9.17) is 19.9 Å². The number of aromatic nitrogens is 6. The molecule has 1 spiro atoms. The first-order valence-electron chi connectivity index (χ1n) is 39.6. The minimum absolute atomic E-state index is 0.0366. The maximum absolute atomic E-state index is 5.42. The van der Waals surface area contributed by atoms with Gasteiger partial charge in [-0.05, 0) is 187 Å². The van der Waals surface area contributed by atoms with Crippen molar-refractivity contribution in [1.82, 2.24) is 29.9 Å². The normalized spacial score (nSPS) is 13.4. The molecule has 0 radical (unpaired) electrons. The third-order valence-electron chi connectivity index (χ3n) is 24.5. The summed E-state index contributed by atoms with van der Waals surface area (Å²) in [5.74, 6) is 1.39. The Morgan fingerprint density at radius 2 is 0.426 bits per heavy atom. The lowest BCUT2D eigenvalue weighted by atomic mass is 9.70. The van der Waals surface area contributed by atoms with Crippen LogP contribution in [-0.4, -0.2) is 29.9 Å². The Hall–Kier alpha value is -14.5. The second-order valence-electron chi connectivity index (χ2n) is 31.7. The predicted octanol–water partition coefficient (Wildman–Crippen LogP) is 27.0. The lowest BCUT2D eigenvalue weighted by molar-refractivity contribution is 0.660. The number of hydrogen-bond donors (Lipinski definition) is 0. The number of benzene rings is 14. The molecule has 6 heteroatoms. The molecule has 4 heterocycles. The molecule has 4 aliphatic carbocycles. The van der Waals surface area contributed by atoms with E-state index in [9.17, 15) is 0 Å². The first-order valence-corrected chi connectivity index (χ1v) is 39.6. The van der Waals surface area contributed by atoms with Crippen molar-refractivity contribution in [2.75, 3.05) is 0 Å². The van der Waals surface area contributed by atoms with E-state index in [2.05, 4.69) is 383 Å². The van der Waals surface area contributed by atoms with Gasteiger partial charge in [-0.25, -0.2) is 19.9 Å². The van der Waals surface area contributed by atoms with Gasteiger partial charge in [-0.2, -0.15) is 0 Å². The number of pyridine rings is 2. The second kappa shape index (κ2) is 27.5.